The summed E-state index contributed by atoms with van der Waals surface area (Å²) in [7, 11) is 8.55. The standard InChI is InChI=1S/2C16H18N2.C15H12O2.C15H12OS.C14H10N2O2.C14H12O2.C13H9N3O2/c1-11-5-7-13-15(9-11)17(3)14-8-6-12(2)10-16(14)18(13)4;1-11-5-7-13-15(9-11)18(4)16-10-12(2)6-8-14(16)17(13)3;1-9-4-6-13-12(7-9)15(16)11-5-3-10(2)8-14(11)17-13;1-9-3-5-13-11(7-9)15(16)12-8-10(2)4-6-14(12)17-13;1-7-3-9-11(15-5-7)14(18)10-4-8(2)6-16-12(10)13(9)17;1-9-3-5-11-13(7-9)16-14-8-10(2)4-6-12(14)15-11;1-6-3-8-9(14-4-6)13(18)10-11(12(8)17)16-7(2)5-15-10/h2*5-10H,1-4H3;2*3-8H,1-2H3;3-6H,1-2H3;3-8H,1-2H3;3-5H,1-2H3. The Morgan fingerprint density at radius 3 is 1.02 bits per heavy atom. The summed E-state index contributed by atoms with van der Waals surface area (Å²) < 4.78 is 19.5. The van der Waals surface area contributed by atoms with Gasteiger partial charge in [-0.05, 0) is 292 Å². The van der Waals surface area contributed by atoms with Crippen LogP contribution in [0.2, 0.25) is 0 Å². The van der Waals surface area contributed by atoms with E-state index in [0.29, 0.717) is 44.3 Å². The van der Waals surface area contributed by atoms with Crippen molar-refractivity contribution in [2.24, 2.45) is 0 Å². The normalized spacial score (nSPS) is 12.5. The Morgan fingerprint density at radius 1 is 0.254 bits per heavy atom. The number of ketones is 4. The summed E-state index contributed by atoms with van der Waals surface area (Å²) >= 11 is 1.68. The van der Waals surface area contributed by atoms with Crippen molar-refractivity contribution < 1.29 is 33.1 Å². The predicted octanol–water partition coefficient (Wildman–Crippen LogP) is 23.2. The molecule has 0 fully saturated rings. The first kappa shape index (κ1) is 82.7. The van der Waals surface area contributed by atoms with Gasteiger partial charge in [0.15, 0.2) is 28.4 Å². The van der Waals surface area contributed by atoms with Crippen LogP contribution in [0.3, 0.4) is 0 Å². The Morgan fingerprint density at radius 2 is 0.574 bits per heavy atom. The first-order valence-corrected chi connectivity index (χ1v) is 40.9. The monoisotopic (exact) mass is 1630 g/mol. The van der Waals surface area contributed by atoms with Gasteiger partial charge in [0.1, 0.15) is 39.6 Å². The maximum Gasteiger partial charge on any atom is 0.232 e. The molecule has 18 nitrogen and oxygen atoms in total. The average molecular weight is 1630 g/mol. The molecule has 122 heavy (non-hydrogen) atoms. The van der Waals surface area contributed by atoms with Gasteiger partial charge in [0.25, 0.3) is 0 Å². The minimum atomic E-state index is -0.341. The number of carbonyl (C=O) groups excluding carboxylic acids is 4. The van der Waals surface area contributed by atoms with Crippen LogP contribution in [0, 0.1) is 96.9 Å². The first-order chi connectivity index (χ1) is 58.3. The summed E-state index contributed by atoms with van der Waals surface area (Å²) in [6.07, 6.45) is 6.23. The molecule has 9 heterocycles. The summed E-state index contributed by atoms with van der Waals surface area (Å²) in [4.78, 5) is 103. The molecule has 0 unspecified atom stereocenters. The van der Waals surface area contributed by atoms with Gasteiger partial charge in [-0.2, -0.15) is 0 Å². The van der Waals surface area contributed by atoms with E-state index in [-0.39, 0.29) is 62.5 Å². The van der Waals surface area contributed by atoms with Crippen LogP contribution in [0.5, 0.6) is 23.0 Å². The van der Waals surface area contributed by atoms with Gasteiger partial charge in [-0.3, -0.25) is 43.7 Å². The molecule has 0 spiro atoms. The highest BCUT2D eigenvalue weighted by Gasteiger charge is 2.35. The molecule has 21 rings (SSSR count). The van der Waals surface area contributed by atoms with Crippen LogP contribution in [0.1, 0.15) is 142 Å². The minimum absolute atomic E-state index is 0.0463. The number of ether oxygens (including phenoxy) is 2. The molecular formula is C103H91N9O9S. The Hall–Kier alpha value is -14.4. The minimum Gasteiger partial charge on any atom is -0.456 e. The van der Waals surface area contributed by atoms with Crippen molar-refractivity contribution in [1.82, 2.24) is 24.9 Å². The zero-order valence-electron chi connectivity index (χ0n) is 71.5. The lowest BCUT2D eigenvalue weighted by Crippen LogP contribution is -2.25. The van der Waals surface area contributed by atoms with E-state index in [4.69, 9.17) is 13.9 Å². The Kier molecular flexibility index (Phi) is 22.9. The Bertz CT molecular complexity index is 6810. The fourth-order valence-corrected chi connectivity index (χ4v) is 16.3. The number of carbonyl (C=O) groups is 4. The third-order valence-electron chi connectivity index (χ3n) is 21.8. The van der Waals surface area contributed by atoms with Crippen molar-refractivity contribution in [3.8, 4) is 23.0 Å². The summed E-state index contributed by atoms with van der Waals surface area (Å²) in [5.74, 6) is 2.06. The van der Waals surface area contributed by atoms with E-state index in [1.54, 1.807) is 55.1 Å². The number of nitrogens with zero attached hydrogens (tertiary/aromatic N) is 9. The van der Waals surface area contributed by atoms with E-state index in [9.17, 15) is 28.8 Å². The van der Waals surface area contributed by atoms with Crippen molar-refractivity contribution >= 4 is 122 Å². The second-order valence-corrected chi connectivity index (χ2v) is 33.0. The van der Waals surface area contributed by atoms with Crippen molar-refractivity contribution in [1.29, 1.82) is 0 Å². The Labute approximate surface area is 712 Å². The van der Waals surface area contributed by atoms with E-state index >= 15 is 0 Å². The topological polar surface area (TPSA) is 211 Å². The van der Waals surface area contributed by atoms with Gasteiger partial charge in [0, 0.05) is 73.2 Å². The summed E-state index contributed by atoms with van der Waals surface area (Å²) in [6, 6.07) is 66.9. The second-order valence-electron chi connectivity index (χ2n) is 31.9. The van der Waals surface area contributed by atoms with Crippen molar-refractivity contribution in [2.75, 3.05) is 47.8 Å². The van der Waals surface area contributed by atoms with E-state index in [1.165, 1.54) is 85.1 Å². The number of fused-ring (bicyclic) bond motifs is 14. The molecule has 19 heteroatoms. The van der Waals surface area contributed by atoms with E-state index in [2.05, 4.69) is 185 Å². The molecule has 0 saturated carbocycles. The molecule has 608 valence electrons. The third kappa shape index (κ3) is 16.6. The lowest BCUT2D eigenvalue weighted by Gasteiger charge is -2.37. The molecule has 0 bridgehead atoms. The highest BCUT2D eigenvalue weighted by Crippen LogP contribution is 2.50. The number of aryl methyl sites for hydroxylation is 14. The Balaban J connectivity index is 0.000000111. The SMILES string of the molecule is Cc1ccc2c(=O)c3cc(C)ccc3oc2c1.Cc1ccc2c(c1)N(C)c1cc(C)ccc1N2C.Cc1ccc2c(c1)N(C)c1ccc(C)cc1N2C.Cc1ccc2c(c1)Oc1cc(C)ccc1O2.Cc1ccc2sc3ccc(C)cc3c(=O)c2c1.Cc1cnc2c(c1)C(=O)c1nc(C)cnc1C2=O.Cc1cnc2c(c1)C(=O)c1ncc(C)cc1C2=O. The van der Waals surface area contributed by atoms with Gasteiger partial charge in [0.05, 0.1) is 78.7 Å². The van der Waals surface area contributed by atoms with Crippen molar-refractivity contribution in [3.05, 3.63) is 369 Å². The van der Waals surface area contributed by atoms with E-state index in [0.717, 1.165) is 82.1 Å². The molecule has 5 aliphatic rings. The maximum atomic E-state index is 12.4. The summed E-state index contributed by atoms with van der Waals surface area (Å²) in [5, 5.41) is 2.98. The molecule has 0 saturated heterocycles. The number of benzene rings is 10. The maximum absolute atomic E-state index is 12.4. The van der Waals surface area contributed by atoms with E-state index < -0.39 is 0 Å². The zero-order valence-corrected chi connectivity index (χ0v) is 72.3. The molecule has 10 aromatic carbocycles. The third-order valence-corrected chi connectivity index (χ3v) is 22.9. The van der Waals surface area contributed by atoms with Gasteiger partial charge < -0.3 is 33.5 Å². The van der Waals surface area contributed by atoms with Crippen LogP contribution >= 0.6 is 11.3 Å². The number of anilines is 8. The summed E-state index contributed by atoms with van der Waals surface area (Å²) in [6.45, 7) is 27.8. The largest absolute Gasteiger partial charge is 0.456 e. The fourth-order valence-electron chi connectivity index (χ4n) is 15.3. The van der Waals surface area contributed by atoms with Crippen LogP contribution in [0.15, 0.2) is 239 Å². The fraction of sp³-hybridized carbons (Fsp3) is 0.175. The van der Waals surface area contributed by atoms with Gasteiger partial charge >= 0.3 is 0 Å². The quantitative estimate of drug-likeness (QED) is 0.129. The van der Waals surface area contributed by atoms with Gasteiger partial charge in [-0.1, -0.05) is 77.4 Å². The van der Waals surface area contributed by atoms with Crippen molar-refractivity contribution in [3.63, 3.8) is 0 Å². The molecule has 16 aromatic rings. The lowest BCUT2D eigenvalue weighted by atomic mass is 9.89. The number of pyridine rings is 3. The lowest BCUT2D eigenvalue weighted by molar-refractivity contribution is 0.0967. The van der Waals surface area contributed by atoms with Crippen LogP contribution in [-0.4, -0.2) is 76.2 Å². The molecule has 3 aliphatic heterocycles. The second kappa shape index (κ2) is 33.8. The summed E-state index contributed by atoms with van der Waals surface area (Å²) in [5.41, 5.74) is 28.6. The number of aromatic nitrogens is 5. The highest BCUT2D eigenvalue weighted by atomic mass is 32.1. The van der Waals surface area contributed by atoms with Crippen LogP contribution in [0.25, 0.3) is 42.1 Å². The molecular weight excluding hydrogens is 1540 g/mol. The van der Waals surface area contributed by atoms with Gasteiger partial charge in [0.2, 0.25) is 28.6 Å². The molecule has 0 amide bonds. The smallest absolute Gasteiger partial charge is 0.232 e. The number of hydrogen-bond acceptors (Lipinski definition) is 19. The molecule has 0 radical (unpaired) electrons. The van der Waals surface area contributed by atoms with Crippen LogP contribution in [0.4, 0.5) is 45.5 Å². The first-order valence-electron chi connectivity index (χ1n) is 40.1. The zero-order chi connectivity index (χ0) is 86.5. The number of rotatable bonds is 0. The highest BCUT2D eigenvalue weighted by molar-refractivity contribution is 7.24. The average Bonchev–Trinajstić information content (AvgIpc) is 0.765. The van der Waals surface area contributed by atoms with Gasteiger partial charge in [-0.15, -0.1) is 11.3 Å². The number of hydrogen-bond donors (Lipinski definition) is 0. The van der Waals surface area contributed by atoms with E-state index in [1.807, 2.05) is 159 Å². The molecule has 0 N–H and O–H groups in total. The molecule has 0 atom stereocenters. The van der Waals surface area contributed by atoms with Crippen LogP contribution in [-0.2, 0) is 0 Å². The van der Waals surface area contributed by atoms with Crippen molar-refractivity contribution in [2.45, 2.75) is 96.9 Å². The van der Waals surface area contributed by atoms with Gasteiger partial charge in [-0.25, -0.2) is 9.97 Å². The molecule has 2 aliphatic carbocycles. The van der Waals surface area contributed by atoms with Crippen LogP contribution < -0.4 is 39.9 Å². The predicted molar refractivity (Wildman–Crippen MR) is 491 cm³/mol. The molecule has 6 aromatic heterocycles.